The van der Waals surface area contributed by atoms with Crippen LogP contribution in [0.3, 0.4) is 0 Å². The molecule has 1 aliphatic rings. The lowest BCUT2D eigenvalue weighted by Crippen LogP contribution is -2.14. The van der Waals surface area contributed by atoms with Crippen molar-refractivity contribution >= 4 is 26.6 Å². The zero-order valence-electron chi connectivity index (χ0n) is 15.2. The molecule has 5 rings (SSSR count). The van der Waals surface area contributed by atoms with Crippen LogP contribution in [0.15, 0.2) is 53.8 Å². The van der Waals surface area contributed by atoms with E-state index in [0.29, 0.717) is 5.69 Å². The van der Waals surface area contributed by atoms with Crippen molar-refractivity contribution in [1.82, 2.24) is 24.5 Å². The first-order valence-electron chi connectivity index (χ1n) is 8.97. The minimum atomic E-state index is -3.77. The summed E-state index contributed by atoms with van der Waals surface area (Å²) in [7, 11) is -1.99. The maximum absolute atomic E-state index is 12.9. The van der Waals surface area contributed by atoms with Crippen LogP contribution in [0.25, 0.3) is 22.2 Å². The molecule has 0 spiro atoms. The maximum atomic E-state index is 12.9. The van der Waals surface area contributed by atoms with Crippen LogP contribution in [0, 0.1) is 0 Å². The van der Waals surface area contributed by atoms with E-state index in [9.17, 15) is 8.42 Å². The second-order valence-electron chi connectivity index (χ2n) is 6.83. The Morgan fingerprint density at radius 3 is 2.79 bits per heavy atom. The molecule has 8 nitrogen and oxygen atoms in total. The first kappa shape index (κ1) is 16.9. The first-order valence-corrected chi connectivity index (χ1v) is 10.5. The minimum absolute atomic E-state index is 0.110. The molecule has 3 aromatic heterocycles. The lowest BCUT2D eigenvalue weighted by atomic mass is 10.1. The topological polar surface area (TPSA) is 94.7 Å². The van der Waals surface area contributed by atoms with Crippen LogP contribution < -0.4 is 4.72 Å². The molecule has 4 heterocycles. The van der Waals surface area contributed by atoms with Gasteiger partial charge in [0.05, 0.1) is 29.3 Å². The van der Waals surface area contributed by atoms with Crippen molar-refractivity contribution in [2.75, 3.05) is 4.72 Å². The summed E-state index contributed by atoms with van der Waals surface area (Å²) in [4.78, 5) is 4.50. The molecule has 4 aromatic rings. The molecule has 142 valence electrons. The van der Waals surface area contributed by atoms with Gasteiger partial charge < -0.3 is 0 Å². The van der Waals surface area contributed by atoms with Gasteiger partial charge in [0, 0.05) is 36.4 Å². The van der Waals surface area contributed by atoms with Crippen molar-refractivity contribution in [3.05, 3.63) is 54.6 Å². The average Bonchev–Trinajstić information content (AvgIpc) is 3.38. The molecule has 0 fully saturated rings. The van der Waals surface area contributed by atoms with Gasteiger partial charge in [-0.2, -0.15) is 10.2 Å². The Bertz CT molecular complexity index is 1290. The number of hydrogen-bond acceptors (Lipinski definition) is 5. The SMILES string of the molecule is Cn1ncc2cccc(NS(=O)(=O)c3ccc(-c4cnn5c4CCC5)nc3)c21. The Hall–Kier alpha value is -3.20. The number of nitrogens with one attached hydrogen (secondary N) is 1. The van der Waals surface area contributed by atoms with E-state index >= 15 is 0 Å². The highest BCUT2D eigenvalue weighted by Crippen LogP contribution is 2.28. The number of rotatable bonds is 4. The number of pyridine rings is 1. The molecule has 0 aliphatic carbocycles. The zero-order chi connectivity index (χ0) is 19.3. The summed E-state index contributed by atoms with van der Waals surface area (Å²) < 4.78 is 32.0. The van der Waals surface area contributed by atoms with Crippen LogP contribution >= 0.6 is 0 Å². The van der Waals surface area contributed by atoms with Crippen LogP contribution in [0.4, 0.5) is 5.69 Å². The van der Waals surface area contributed by atoms with Crippen LogP contribution in [0.2, 0.25) is 0 Å². The molecule has 0 bridgehead atoms. The molecule has 28 heavy (non-hydrogen) atoms. The molecule has 1 aromatic carbocycles. The number of fused-ring (bicyclic) bond motifs is 2. The highest BCUT2D eigenvalue weighted by Gasteiger charge is 2.20. The van der Waals surface area contributed by atoms with Gasteiger partial charge in [-0.3, -0.25) is 19.1 Å². The van der Waals surface area contributed by atoms with Crippen LogP contribution in [-0.2, 0) is 30.0 Å². The fourth-order valence-corrected chi connectivity index (χ4v) is 4.71. The zero-order valence-corrected chi connectivity index (χ0v) is 16.0. The number of sulfonamides is 1. The lowest BCUT2D eigenvalue weighted by Gasteiger charge is -2.10. The summed E-state index contributed by atoms with van der Waals surface area (Å²) >= 11 is 0. The van der Waals surface area contributed by atoms with Gasteiger partial charge in [-0.15, -0.1) is 0 Å². The van der Waals surface area contributed by atoms with E-state index in [4.69, 9.17) is 0 Å². The molecule has 1 aliphatic heterocycles. The molecule has 0 unspecified atom stereocenters. The summed E-state index contributed by atoms with van der Waals surface area (Å²) in [6, 6.07) is 8.71. The molecule has 1 N–H and O–H groups in total. The molecular weight excluding hydrogens is 376 g/mol. The molecule has 9 heteroatoms. The number of benzene rings is 1. The van der Waals surface area contributed by atoms with Crippen molar-refractivity contribution in [1.29, 1.82) is 0 Å². The van der Waals surface area contributed by atoms with Gasteiger partial charge >= 0.3 is 0 Å². The Labute approximate surface area is 161 Å². The monoisotopic (exact) mass is 394 g/mol. The number of para-hydroxylation sites is 1. The average molecular weight is 394 g/mol. The van der Waals surface area contributed by atoms with Crippen molar-refractivity contribution in [2.45, 2.75) is 24.3 Å². The van der Waals surface area contributed by atoms with Gasteiger partial charge in [0.25, 0.3) is 10.0 Å². The molecular formula is C19H18N6O2S. The minimum Gasteiger partial charge on any atom is -0.277 e. The van der Waals surface area contributed by atoms with Crippen LogP contribution in [0.5, 0.6) is 0 Å². The highest BCUT2D eigenvalue weighted by atomic mass is 32.2. The van der Waals surface area contributed by atoms with Crippen LogP contribution in [-0.4, -0.2) is 33.0 Å². The standard InChI is InChI=1S/C19H18N6O2S/c1-24-19-13(10-21-24)4-2-5-17(19)23-28(26,27)14-7-8-16(20-11-14)15-12-22-25-9-3-6-18(15)25/h2,4-5,7-8,10-12,23H,3,6,9H2,1H3. The summed E-state index contributed by atoms with van der Waals surface area (Å²) in [6.07, 6.45) is 6.93. The number of anilines is 1. The third-order valence-electron chi connectivity index (χ3n) is 5.06. The quantitative estimate of drug-likeness (QED) is 0.574. The largest absolute Gasteiger partial charge is 0.277 e. The predicted molar refractivity (Wildman–Crippen MR) is 105 cm³/mol. The second kappa shape index (κ2) is 6.16. The molecule has 0 radical (unpaired) electrons. The van der Waals surface area contributed by atoms with Gasteiger partial charge in [0.1, 0.15) is 4.90 Å². The van der Waals surface area contributed by atoms with Gasteiger partial charge in [-0.1, -0.05) is 12.1 Å². The molecule has 0 amide bonds. The van der Waals surface area contributed by atoms with E-state index in [1.807, 2.05) is 10.7 Å². The number of hydrogen-bond donors (Lipinski definition) is 1. The fraction of sp³-hybridized carbons (Fsp3) is 0.211. The van der Waals surface area contributed by atoms with Crippen LogP contribution in [0.1, 0.15) is 12.1 Å². The van der Waals surface area contributed by atoms with Gasteiger partial charge in [-0.05, 0) is 31.0 Å². The lowest BCUT2D eigenvalue weighted by molar-refractivity contribution is 0.601. The summed E-state index contributed by atoms with van der Waals surface area (Å²) in [6.45, 7) is 0.922. The molecule has 0 atom stereocenters. The van der Waals surface area contributed by atoms with E-state index in [1.165, 1.54) is 6.20 Å². The van der Waals surface area contributed by atoms with Crippen molar-refractivity contribution < 1.29 is 8.42 Å². The van der Waals surface area contributed by atoms with Gasteiger partial charge in [0.2, 0.25) is 0 Å². The number of aromatic nitrogens is 5. The molecule has 0 saturated carbocycles. The Kier molecular flexibility index (Phi) is 3.73. The summed E-state index contributed by atoms with van der Waals surface area (Å²) in [5, 5.41) is 9.43. The Balaban J connectivity index is 1.47. The van der Waals surface area contributed by atoms with E-state index in [0.717, 1.165) is 47.2 Å². The third-order valence-corrected chi connectivity index (χ3v) is 6.41. The Morgan fingerprint density at radius 2 is 1.96 bits per heavy atom. The highest BCUT2D eigenvalue weighted by molar-refractivity contribution is 7.92. The Morgan fingerprint density at radius 1 is 1.07 bits per heavy atom. The number of nitrogens with zero attached hydrogens (tertiary/aromatic N) is 5. The van der Waals surface area contributed by atoms with Crippen molar-refractivity contribution in [3.63, 3.8) is 0 Å². The van der Waals surface area contributed by atoms with E-state index in [-0.39, 0.29) is 4.90 Å². The van der Waals surface area contributed by atoms with Crippen molar-refractivity contribution in [3.8, 4) is 11.3 Å². The molecule has 0 saturated heterocycles. The summed E-state index contributed by atoms with van der Waals surface area (Å²) in [5.41, 5.74) is 4.07. The normalized spacial score (nSPS) is 13.8. The van der Waals surface area contributed by atoms with E-state index in [1.54, 1.807) is 48.4 Å². The van der Waals surface area contributed by atoms with Gasteiger partial charge in [-0.25, -0.2) is 8.42 Å². The fourth-order valence-electron chi connectivity index (χ4n) is 3.70. The summed E-state index contributed by atoms with van der Waals surface area (Å²) in [5.74, 6) is 0. The van der Waals surface area contributed by atoms with E-state index < -0.39 is 10.0 Å². The predicted octanol–water partition coefficient (Wildman–Crippen LogP) is 2.58. The number of aryl methyl sites for hydroxylation is 2. The smallest absolute Gasteiger partial charge is 0.263 e. The maximum Gasteiger partial charge on any atom is 0.263 e. The van der Waals surface area contributed by atoms with Crippen molar-refractivity contribution in [2.24, 2.45) is 7.05 Å². The first-order chi connectivity index (χ1) is 13.5. The van der Waals surface area contributed by atoms with E-state index in [2.05, 4.69) is 19.9 Å². The second-order valence-corrected chi connectivity index (χ2v) is 8.51. The third kappa shape index (κ3) is 2.66. The van der Waals surface area contributed by atoms with Gasteiger partial charge in [0.15, 0.2) is 0 Å².